The molecule has 0 bridgehead atoms. The van der Waals surface area contributed by atoms with Gasteiger partial charge in [-0.1, -0.05) is 18.2 Å². The number of anilines is 1. The second-order valence-corrected chi connectivity index (χ2v) is 6.15. The number of aromatic nitrogens is 2. The van der Waals surface area contributed by atoms with E-state index in [9.17, 15) is 14.4 Å². The number of hydrogen-bond acceptors (Lipinski definition) is 4. The van der Waals surface area contributed by atoms with Crippen LogP contribution in [0.5, 0.6) is 0 Å². The molecule has 0 unspecified atom stereocenters. The Morgan fingerprint density at radius 3 is 2.70 bits per heavy atom. The van der Waals surface area contributed by atoms with Crippen LogP contribution >= 0.6 is 11.3 Å². The van der Waals surface area contributed by atoms with E-state index in [2.05, 4.69) is 5.32 Å². The second kappa shape index (κ2) is 5.85. The Morgan fingerprint density at radius 2 is 1.96 bits per heavy atom. The van der Waals surface area contributed by atoms with Gasteiger partial charge in [0.15, 0.2) is 0 Å². The van der Waals surface area contributed by atoms with Crippen LogP contribution in [0.1, 0.15) is 5.56 Å². The molecule has 0 aliphatic carbocycles. The fraction of sp³-hybridized carbons (Fsp3) is 0.188. The highest BCUT2D eigenvalue weighted by molar-refractivity contribution is 7.17. The minimum Gasteiger partial charge on any atom is -0.324 e. The average Bonchev–Trinajstić information content (AvgIpc) is 3.01. The van der Waals surface area contributed by atoms with E-state index in [4.69, 9.17) is 0 Å². The molecule has 1 amide bonds. The van der Waals surface area contributed by atoms with Crippen molar-refractivity contribution >= 4 is 33.1 Å². The lowest BCUT2D eigenvalue weighted by Crippen LogP contribution is -2.39. The van der Waals surface area contributed by atoms with Gasteiger partial charge in [-0.25, -0.2) is 4.79 Å². The van der Waals surface area contributed by atoms with Gasteiger partial charge in [0.1, 0.15) is 11.2 Å². The largest absolute Gasteiger partial charge is 0.331 e. The fourth-order valence-corrected chi connectivity index (χ4v) is 3.27. The van der Waals surface area contributed by atoms with Crippen molar-refractivity contribution in [2.75, 3.05) is 5.32 Å². The monoisotopic (exact) mass is 329 g/mol. The van der Waals surface area contributed by atoms with E-state index in [0.717, 1.165) is 10.1 Å². The minimum absolute atomic E-state index is 0.144. The normalized spacial score (nSPS) is 10.9. The standard InChI is InChI=1S/C16H15N3O3S/c1-10-5-3-4-6-11(10)17-13(20)9-19-12-7-8-23-14(12)15(21)18(2)16(19)22/h3-8H,9H2,1-2H3,(H,17,20). The Kier molecular flexibility index (Phi) is 3.87. The van der Waals surface area contributed by atoms with Gasteiger partial charge >= 0.3 is 5.69 Å². The maximum atomic E-state index is 12.3. The maximum Gasteiger partial charge on any atom is 0.331 e. The van der Waals surface area contributed by atoms with Crippen LogP contribution in [0.25, 0.3) is 10.2 Å². The first kappa shape index (κ1) is 15.2. The molecule has 0 aliphatic rings. The SMILES string of the molecule is Cc1ccccc1NC(=O)Cn1c(=O)n(C)c(=O)c2sccc21. The molecule has 23 heavy (non-hydrogen) atoms. The molecule has 1 N–H and O–H groups in total. The number of rotatable bonds is 3. The predicted octanol–water partition coefficient (Wildman–Crippen LogP) is 1.71. The van der Waals surface area contributed by atoms with Gasteiger partial charge in [0.05, 0.1) is 5.52 Å². The van der Waals surface area contributed by atoms with Crippen LogP contribution in [0, 0.1) is 6.92 Å². The van der Waals surface area contributed by atoms with E-state index >= 15 is 0 Å². The second-order valence-electron chi connectivity index (χ2n) is 5.23. The Morgan fingerprint density at radius 1 is 1.22 bits per heavy atom. The molecule has 6 nitrogen and oxygen atoms in total. The summed E-state index contributed by atoms with van der Waals surface area (Å²) in [6.07, 6.45) is 0. The van der Waals surface area contributed by atoms with Crippen LogP contribution in [0.3, 0.4) is 0 Å². The van der Waals surface area contributed by atoms with Gasteiger partial charge in [0.25, 0.3) is 5.56 Å². The third-order valence-corrected chi connectivity index (χ3v) is 4.56. The van der Waals surface area contributed by atoms with Crippen LogP contribution in [0.15, 0.2) is 45.3 Å². The third kappa shape index (κ3) is 2.70. The molecule has 2 heterocycles. The zero-order valence-electron chi connectivity index (χ0n) is 12.7. The van der Waals surface area contributed by atoms with Crippen LogP contribution in [-0.2, 0) is 18.4 Å². The molecule has 0 atom stereocenters. The van der Waals surface area contributed by atoms with Gasteiger partial charge < -0.3 is 5.32 Å². The number of benzene rings is 1. The zero-order valence-corrected chi connectivity index (χ0v) is 13.5. The molecule has 118 valence electrons. The summed E-state index contributed by atoms with van der Waals surface area (Å²) in [4.78, 5) is 36.6. The highest BCUT2D eigenvalue weighted by Gasteiger charge is 2.14. The van der Waals surface area contributed by atoms with Crippen molar-refractivity contribution < 1.29 is 4.79 Å². The number of thiophene rings is 1. The highest BCUT2D eigenvalue weighted by atomic mass is 32.1. The molecular weight excluding hydrogens is 314 g/mol. The third-order valence-electron chi connectivity index (χ3n) is 3.67. The molecule has 3 rings (SSSR count). The summed E-state index contributed by atoms with van der Waals surface area (Å²) < 4.78 is 2.82. The lowest BCUT2D eigenvalue weighted by atomic mass is 10.2. The van der Waals surface area contributed by atoms with Crippen molar-refractivity contribution in [3.8, 4) is 0 Å². The van der Waals surface area contributed by atoms with Gasteiger partial charge in [-0.3, -0.25) is 18.7 Å². The Labute approximate surface area is 135 Å². The number of aryl methyl sites for hydroxylation is 1. The Bertz CT molecular complexity index is 1010. The molecule has 0 spiro atoms. The summed E-state index contributed by atoms with van der Waals surface area (Å²) >= 11 is 1.26. The predicted molar refractivity (Wildman–Crippen MR) is 91.1 cm³/mol. The van der Waals surface area contributed by atoms with Crippen LogP contribution in [0.2, 0.25) is 0 Å². The van der Waals surface area contributed by atoms with E-state index in [0.29, 0.717) is 15.9 Å². The molecule has 0 radical (unpaired) electrons. The summed E-state index contributed by atoms with van der Waals surface area (Å²) in [6, 6.07) is 9.10. The van der Waals surface area contributed by atoms with Crippen molar-refractivity contribution in [3.05, 3.63) is 62.1 Å². The van der Waals surface area contributed by atoms with Gasteiger partial charge in [0, 0.05) is 12.7 Å². The number of para-hydroxylation sites is 1. The van der Waals surface area contributed by atoms with Gasteiger partial charge in [-0.2, -0.15) is 0 Å². The quantitative estimate of drug-likeness (QED) is 0.795. The number of fused-ring (bicyclic) bond motifs is 1. The van der Waals surface area contributed by atoms with Gasteiger partial charge in [-0.15, -0.1) is 11.3 Å². The van der Waals surface area contributed by atoms with Crippen LogP contribution in [0.4, 0.5) is 5.69 Å². The first-order chi connectivity index (χ1) is 11.0. The number of amides is 1. The number of carbonyl (C=O) groups excluding carboxylic acids is 1. The van der Waals surface area contributed by atoms with E-state index in [1.54, 1.807) is 17.5 Å². The Balaban J connectivity index is 1.98. The summed E-state index contributed by atoms with van der Waals surface area (Å²) in [6.45, 7) is 1.75. The molecule has 0 saturated carbocycles. The van der Waals surface area contributed by atoms with Crippen molar-refractivity contribution in [3.63, 3.8) is 0 Å². The van der Waals surface area contributed by atoms with Crippen molar-refractivity contribution in [2.24, 2.45) is 7.05 Å². The lowest BCUT2D eigenvalue weighted by molar-refractivity contribution is -0.116. The Hall–Kier alpha value is -2.67. The molecule has 0 saturated heterocycles. The molecule has 7 heteroatoms. The summed E-state index contributed by atoms with van der Waals surface area (Å²) in [7, 11) is 1.42. The highest BCUT2D eigenvalue weighted by Crippen LogP contribution is 2.16. The fourth-order valence-electron chi connectivity index (χ4n) is 2.40. The van der Waals surface area contributed by atoms with Crippen molar-refractivity contribution in [1.29, 1.82) is 0 Å². The topological polar surface area (TPSA) is 73.1 Å². The number of nitrogens with zero attached hydrogens (tertiary/aromatic N) is 2. The molecule has 3 aromatic rings. The van der Waals surface area contributed by atoms with Crippen molar-refractivity contribution in [1.82, 2.24) is 9.13 Å². The van der Waals surface area contributed by atoms with Gasteiger partial charge in [0.2, 0.25) is 5.91 Å². The van der Waals surface area contributed by atoms with E-state index < -0.39 is 5.69 Å². The smallest absolute Gasteiger partial charge is 0.324 e. The minimum atomic E-state index is -0.499. The summed E-state index contributed by atoms with van der Waals surface area (Å²) in [5, 5.41) is 4.53. The van der Waals surface area contributed by atoms with E-state index in [1.165, 1.54) is 23.0 Å². The van der Waals surface area contributed by atoms with Crippen LogP contribution < -0.4 is 16.6 Å². The van der Waals surface area contributed by atoms with Gasteiger partial charge in [-0.05, 0) is 30.0 Å². The molecule has 2 aromatic heterocycles. The average molecular weight is 329 g/mol. The first-order valence-electron chi connectivity index (χ1n) is 7.01. The number of carbonyl (C=O) groups is 1. The van der Waals surface area contributed by atoms with Crippen LogP contribution in [-0.4, -0.2) is 15.0 Å². The number of hydrogen-bond donors (Lipinski definition) is 1. The number of nitrogens with one attached hydrogen (secondary N) is 1. The molecular formula is C16H15N3O3S. The maximum absolute atomic E-state index is 12.3. The molecule has 0 aliphatic heterocycles. The molecule has 0 fully saturated rings. The molecule has 1 aromatic carbocycles. The zero-order chi connectivity index (χ0) is 16.6. The van der Waals surface area contributed by atoms with E-state index in [1.807, 2.05) is 25.1 Å². The lowest BCUT2D eigenvalue weighted by Gasteiger charge is -2.11. The van der Waals surface area contributed by atoms with Crippen molar-refractivity contribution in [2.45, 2.75) is 13.5 Å². The van der Waals surface area contributed by atoms with E-state index in [-0.39, 0.29) is 18.0 Å². The summed E-state index contributed by atoms with van der Waals surface area (Å²) in [5.41, 5.74) is 1.30. The first-order valence-corrected chi connectivity index (χ1v) is 7.89. The summed E-state index contributed by atoms with van der Waals surface area (Å²) in [5.74, 6) is -0.312.